The largest absolute Gasteiger partial charge is 0.344 e. The van der Waals surface area contributed by atoms with E-state index in [1.807, 2.05) is 60.7 Å². The van der Waals surface area contributed by atoms with E-state index in [0.717, 1.165) is 29.6 Å². The molecule has 2 unspecified atom stereocenters. The number of nitrogens with one attached hydrogen (secondary N) is 4. The minimum Gasteiger partial charge on any atom is -0.344 e. The highest BCUT2D eigenvalue weighted by atomic mass is 16.2. The standard InChI is InChI=1S/C31H41N7O3/c1-3-18-38(19-17-34-16-15-32)29(39)21-28(33-2)31(41)37-27(14-13-23-9-5-4-6-10-23)30(40)36-25-20-24-11-7-8-12-26(24)35-22-25/h4-12,20,22,27-28,33-34H,1,3,13-19,21,32H2,2H3,(H-,36,37,40,41)/p+3. The van der Waals surface area contributed by atoms with Crippen molar-refractivity contribution in [3.8, 4) is 0 Å². The van der Waals surface area contributed by atoms with Gasteiger partial charge in [0, 0.05) is 18.0 Å². The van der Waals surface area contributed by atoms with Crippen molar-refractivity contribution in [3.05, 3.63) is 79.3 Å². The van der Waals surface area contributed by atoms with Gasteiger partial charge in [-0.05, 0) is 37.6 Å². The first-order valence-electron chi connectivity index (χ1n) is 14.3. The summed E-state index contributed by atoms with van der Waals surface area (Å²) in [6, 6.07) is 17.9. The van der Waals surface area contributed by atoms with E-state index in [1.165, 1.54) is 0 Å². The van der Waals surface area contributed by atoms with Crippen molar-refractivity contribution in [2.45, 2.75) is 37.8 Å². The summed E-state index contributed by atoms with van der Waals surface area (Å²) < 4.78 is 0. The molecule has 0 aliphatic heterocycles. The molecule has 0 fully saturated rings. The van der Waals surface area contributed by atoms with Gasteiger partial charge in [-0.2, -0.15) is 0 Å². The first-order valence-corrected chi connectivity index (χ1v) is 14.3. The van der Waals surface area contributed by atoms with Gasteiger partial charge in [0.05, 0.1) is 45.6 Å². The minimum absolute atomic E-state index is 0.0219. The molecule has 8 N–H and O–H groups in total. The van der Waals surface area contributed by atoms with Crippen molar-refractivity contribution >= 4 is 34.3 Å². The molecule has 3 aromatic rings. The van der Waals surface area contributed by atoms with Gasteiger partial charge in [-0.3, -0.25) is 14.4 Å². The highest BCUT2D eigenvalue weighted by Gasteiger charge is 2.28. The zero-order chi connectivity index (χ0) is 29.5. The third-order valence-corrected chi connectivity index (χ3v) is 6.92. The van der Waals surface area contributed by atoms with Crippen LogP contribution in [0.4, 0.5) is 5.69 Å². The van der Waals surface area contributed by atoms with Crippen LogP contribution in [-0.2, 0) is 20.8 Å². The summed E-state index contributed by atoms with van der Waals surface area (Å²) in [5, 5.41) is 11.8. The Morgan fingerprint density at radius 1 is 1.00 bits per heavy atom. The fourth-order valence-electron chi connectivity index (χ4n) is 4.61. The second-order valence-electron chi connectivity index (χ2n) is 9.98. The monoisotopic (exact) mass is 562 g/mol. The van der Waals surface area contributed by atoms with Crippen LogP contribution in [-0.4, -0.2) is 74.5 Å². The molecule has 0 aliphatic carbocycles. The van der Waals surface area contributed by atoms with E-state index >= 15 is 0 Å². The van der Waals surface area contributed by atoms with E-state index in [2.05, 4.69) is 33.2 Å². The molecule has 2 atom stereocenters. The molecule has 2 aromatic carbocycles. The number of hydrogen-bond donors (Lipinski definition) is 5. The lowest BCUT2D eigenvalue weighted by molar-refractivity contribution is -0.651. The maximum atomic E-state index is 13.4. The van der Waals surface area contributed by atoms with Gasteiger partial charge in [0.1, 0.15) is 18.2 Å². The van der Waals surface area contributed by atoms with Crippen molar-refractivity contribution in [3.63, 3.8) is 0 Å². The van der Waals surface area contributed by atoms with Gasteiger partial charge in [-0.15, -0.1) is 0 Å². The molecule has 1 heterocycles. The molecule has 0 bridgehead atoms. The zero-order valence-corrected chi connectivity index (χ0v) is 23.9. The van der Waals surface area contributed by atoms with Crippen LogP contribution < -0.4 is 32.0 Å². The predicted molar refractivity (Wildman–Crippen MR) is 161 cm³/mol. The molecule has 10 heteroatoms. The number of nitrogens with zero attached hydrogens (tertiary/aromatic N) is 1. The summed E-state index contributed by atoms with van der Waals surface area (Å²) in [6.45, 7) is 7.03. The molecular weight excluding hydrogens is 518 g/mol. The first kappa shape index (κ1) is 31.5. The Balaban J connectivity index is 1.69. The van der Waals surface area contributed by atoms with Crippen molar-refractivity contribution in [2.75, 3.05) is 45.1 Å². The number of anilines is 1. The Kier molecular flexibility index (Phi) is 13.0. The van der Waals surface area contributed by atoms with Gasteiger partial charge in [0.25, 0.3) is 0 Å². The van der Waals surface area contributed by atoms with Crippen LogP contribution >= 0.6 is 0 Å². The molecular formula is C31H44N7O3+3. The van der Waals surface area contributed by atoms with Crippen LogP contribution in [0.1, 0.15) is 24.8 Å². The van der Waals surface area contributed by atoms with Crippen LogP contribution in [0.2, 0.25) is 0 Å². The van der Waals surface area contributed by atoms with Crippen molar-refractivity contribution < 1.29 is 24.7 Å². The lowest BCUT2D eigenvalue weighted by Gasteiger charge is -2.25. The number of carbonyl (C=O) groups is 3. The number of aromatic amines is 1. The van der Waals surface area contributed by atoms with Crippen molar-refractivity contribution in [1.29, 1.82) is 0 Å². The molecule has 218 valence electrons. The molecule has 0 saturated heterocycles. The third-order valence-electron chi connectivity index (χ3n) is 6.92. The summed E-state index contributed by atoms with van der Waals surface area (Å²) in [5.74, 6) is -0.863. The van der Waals surface area contributed by atoms with Gasteiger partial charge in [0.2, 0.25) is 23.2 Å². The molecule has 3 rings (SSSR count). The Morgan fingerprint density at radius 3 is 2.49 bits per heavy atom. The van der Waals surface area contributed by atoms with Crippen LogP contribution in [0, 0.1) is 6.92 Å². The quantitative estimate of drug-likeness (QED) is 0.118. The molecule has 1 aromatic heterocycles. The van der Waals surface area contributed by atoms with E-state index < -0.39 is 18.0 Å². The number of aromatic nitrogens is 1. The number of carbonyl (C=O) groups excluding carboxylic acids is 3. The van der Waals surface area contributed by atoms with Gasteiger partial charge in [-0.1, -0.05) is 42.5 Å². The number of nitrogens with two attached hydrogens (primary N) is 2. The lowest BCUT2D eigenvalue weighted by Crippen LogP contribution is -2.87. The fourth-order valence-corrected chi connectivity index (χ4v) is 4.61. The number of amides is 3. The number of likely N-dealkylation sites (N-methyl/N-ethyl adjacent to an activating group) is 1. The lowest BCUT2D eigenvalue weighted by atomic mass is 10.0. The second kappa shape index (κ2) is 17.0. The predicted octanol–water partition coefficient (Wildman–Crippen LogP) is 0.263. The second-order valence-corrected chi connectivity index (χ2v) is 9.98. The normalized spacial score (nSPS) is 12.4. The number of fused-ring (bicyclic) bond motifs is 1. The van der Waals surface area contributed by atoms with Gasteiger partial charge >= 0.3 is 0 Å². The maximum Gasteiger partial charge on any atom is 0.247 e. The SMILES string of the molecule is [CH2+]CCN(CC[NH2+]CCN)C(=O)CC(NC)C(=O)NC(CCc1ccccc1)C(=O)Nc1c[nH+]c2ccccc2c1. The minimum atomic E-state index is -0.804. The Morgan fingerprint density at radius 2 is 1.76 bits per heavy atom. The Labute approximate surface area is 242 Å². The smallest absolute Gasteiger partial charge is 0.247 e. The molecule has 0 radical (unpaired) electrons. The summed E-state index contributed by atoms with van der Waals surface area (Å²) in [6.07, 6.45) is 3.28. The number of rotatable bonds is 17. The molecule has 3 amide bonds. The van der Waals surface area contributed by atoms with Gasteiger partial charge in [-0.25, -0.2) is 4.98 Å². The van der Waals surface area contributed by atoms with Crippen LogP contribution in [0.3, 0.4) is 0 Å². The summed E-state index contributed by atoms with van der Waals surface area (Å²) in [5.41, 5.74) is 8.17. The van der Waals surface area contributed by atoms with Gasteiger partial charge in [0.15, 0.2) is 6.20 Å². The first-order chi connectivity index (χ1) is 19.9. The summed E-state index contributed by atoms with van der Waals surface area (Å²) >= 11 is 0. The van der Waals surface area contributed by atoms with E-state index in [0.29, 0.717) is 44.6 Å². The van der Waals surface area contributed by atoms with Crippen LogP contribution in [0.5, 0.6) is 0 Å². The van der Waals surface area contributed by atoms with Crippen molar-refractivity contribution in [2.24, 2.45) is 5.73 Å². The summed E-state index contributed by atoms with van der Waals surface area (Å²) in [4.78, 5) is 44.9. The highest BCUT2D eigenvalue weighted by Crippen LogP contribution is 2.15. The highest BCUT2D eigenvalue weighted by molar-refractivity contribution is 5.99. The Bertz CT molecular complexity index is 1250. The number of para-hydroxylation sites is 1. The fraction of sp³-hybridized carbons (Fsp3) is 0.387. The average Bonchev–Trinajstić information content (AvgIpc) is 2.99. The topological polar surface area (TPSA) is 147 Å². The number of quaternary nitrogens is 1. The molecule has 0 aliphatic rings. The molecule has 0 spiro atoms. The number of H-pyrrole nitrogens is 1. The number of benzene rings is 2. The maximum absolute atomic E-state index is 13.4. The van der Waals surface area contributed by atoms with E-state index in [1.54, 1.807) is 18.1 Å². The van der Waals surface area contributed by atoms with E-state index in [4.69, 9.17) is 5.73 Å². The number of aryl methyl sites for hydroxylation is 1. The molecule has 0 saturated carbocycles. The van der Waals surface area contributed by atoms with Crippen molar-refractivity contribution in [1.82, 2.24) is 15.5 Å². The van der Waals surface area contributed by atoms with Crippen LogP contribution in [0.25, 0.3) is 10.9 Å². The third kappa shape index (κ3) is 10.2. The number of pyridine rings is 1. The van der Waals surface area contributed by atoms with E-state index in [9.17, 15) is 14.4 Å². The Hall–Kier alpha value is -3.99. The van der Waals surface area contributed by atoms with Crippen LogP contribution in [0.15, 0.2) is 66.9 Å². The van der Waals surface area contributed by atoms with Gasteiger partial charge < -0.3 is 31.9 Å². The molecule has 41 heavy (non-hydrogen) atoms. The zero-order valence-electron chi connectivity index (χ0n) is 23.9. The number of hydrogen-bond acceptors (Lipinski definition) is 5. The summed E-state index contributed by atoms with van der Waals surface area (Å²) in [7, 11) is 1.64. The average molecular weight is 563 g/mol. The van der Waals surface area contributed by atoms with E-state index in [-0.39, 0.29) is 18.2 Å². The molecule has 10 nitrogen and oxygen atoms in total.